The molecule has 2 aliphatic rings. The monoisotopic (exact) mass is 723 g/mol. The highest BCUT2D eigenvalue weighted by molar-refractivity contribution is 5.67. The van der Waals surface area contributed by atoms with E-state index in [2.05, 4.69) is 56.3 Å². The van der Waals surface area contributed by atoms with E-state index in [1.165, 1.54) is 24.8 Å². The van der Waals surface area contributed by atoms with Crippen LogP contribution in [-0.2, 0) is 0 Å². The summed E-state index contributed by atoms with van der Waals surface area (Å²) in [5.41, 5.74) is 13.6. The highest BCUT2D eigenvalue weighted by Crippen LogP contribution is 2.34. The van der Waals surface area contributed by atoms with Gasteiger partial charge in [-0.05, 0) is 56.9 Å². The molecule has 8 rings (SSSR count). The molecule has 54 heavy (non-hydrogen) atoms. The minimum absolute atomic E-state index is 0.0355. The first-order chi connectivity index (χ1) is 26.4. The van der Waals surface area contributed by atoms with Gasteiger partial charge in [-0.15, -0.1) is 0 Å². The van der Waals surface area contributed by atoms with Gasteiger partial charge < -0.3 is 20.5 Å². The van der Waals surface area contributed by atoms with Crippen molar-refractivity contribution in [3.05, 3.63) is 84.5 Å². The maximum absolute atomic E-state index is 9.20. The summed E-state index contributed by atoms with van der Waals surface area (Å²) in [6.07, 6.45) is 11.4. The maximum Gasteiger partial charge on any atom is 0.326 e. The Kier molecular flexibility index (Phi) is 9.31. The van der Waals surface area contributed by atoms with Crippen LogP contribution in [0.15, 0.2) is 67.4 Å². The number of rotatable bonds is 12. The van der Waals surface area contributed by atoms with Crippen LogP contribution in [-0.4, -0.2) is 69.5 Å². The lowest BCUT2D eigenvalue weighted by Gasteiger charge is -2.32. The van der Waals surface area contributed by atoms with Gasteiger partial charge in [-0.1, -0.05) is 4.79 Å². The first-order valence-electron chi connectivity index (χ1n) is 17.4. The van der Waals surface area contributed by atoms with Crippen LogP contribution < -0.4 is 36.1 Å². The van der Waals surface area contributed by atoms with E-state index in [1.54, 1.807) is 12.3 Å². The topological polar surface area (TPSA) is 254 Å². The summed E-state index contributed by atoms with van der Waals surface area (Å²) in [6, 6.07) is 15.5. The molecule has 6 aromatic heterocycles. The molecule has 2 fully saturated rings. The largest absolute Gasteiger partial charge is 0.488 e. The Morgan fingerprint density at radius 1 is 0.796 bits per heavy atom. The lowest BCUT2D eigenvalue weighted by atomic mass is 9.90. The maximum atomic E-state index is 9.20. The van der Waals surface area contributed by atoms with Crippen LogP contribution >= 0.6 is 0 Å². The fourth-order valence-electron chi connectivity index (χ4n) is 6.33. The van der Waals surface area contributed by atoms with Crippen LogP contribution in [0.2, 0.25) is 0 Å². The van der Waals surface area contributed by atoms with Crippen molar-refractivity contribution in [2.45, 2.75) is 63.3 Å². The SMILES string of the molecule is Cc1ccc(OC2CC(N)C2)c(-c2cc(Nc3cnc(C#N)cn3)[n+](N[C@H]3CC[C@@H](Oc4cccnc4-c4cc(Nc5cnc(C#N)cn5)n[nH]4)C3)[nH]2)n1. The van der Waals surface area contributed by atoms with Crippen molar-refractivity contribution in [1.82, 2.24) is 45.2 Å². The normalized spacial score (nSPS) is 18.9. The second kappa shape index (κ2) is 14.8. The molecular weight excluding hydrogens is 689 g/mol. The molecule has 0 amide bonds. The molecule has 0 bridgehead atoms. The summed E-state index contributed by atoms with van der Waals surface area (Å²) in [7, 11) is 0. The summed E-state index contributed by atoms with van der Waals surface area (Å²) < 4.78 is 12.9. The van der Waals surface area contributed by atoms with E-state index in [9.17, 15) is 5.26 Å². The number of H-pyrrole nitrogens is 2. The third kappa shape index (κ3) is 7.54. The average molecular weight is 724 g/mol. The highest BCUT2D eigenvalue weighted by atomic mass is 16.5. The molecule has 2 saturated carbocycles. The minimum Gasteiger partial charge on any atom is -0.488 e. The van der Waals surface area contributed by atoms with E-state index in [0.717, 1.165) is 37.1 Å². The summed E-state index contributed by atoms with van der Waals surface area (Å²) in [5, 5.41) is 35.4. The Hall–Kier alpha value is -7.18. The number of hydrogen-bond acceptors (Lipinski definition) is 15. The molecular formula is C36H35N16O2+. The molecule has 0 aliphatic heterocycles. The Morgan fingerprint density at radius 2 is 1.54 bits per heavy atom. The van der Waals surface area contributed by atoms with E-state index in [-0.39, 0.29) is 35.7 Å². The van der Waals surface area contributed by atoms with E-state index in [0.29, 0.717) is 58.3 Å². The molecule has 0 spiro atoms. The van der Waals surface area contributed by atoms with Crippen molar-refractivity contribution in [3.63, 3.8) is 0 Å². The number of nitriles is 2. The van der Waals surface area contributed by atoms with Crippen molar-refractivity contribution in [1.29, 1.82) is 10.5 Å². The predicted molar refractivity (Wildman–Crippen MR) is 194 cm³/mol. The molecule has 270 valence electrons. The van der Waals surface area contributed by atoms with Crippen molar-refractivity contribution >= 4 is 23.3 Å². The van der Waals surface area contributed by atoms with E-state index in [1.807, 2.05) is 54.2 Å². The lowest BCUT2D eigenvalue weighted by Crippen LogP contribution is -2.52. The molecule has 18 nitrogen and oxygen atoms in total. The first-order valence-corrected chi connectivity index (χ1v) is 17.4. The van der Waals surface area contributed by atoms with Gasteiger partial charge in [0.2, 0.25) is 5.82 Å². The van der Waals surface area contributed by atoms with Crippen LogP contribution in [0.25, 0.3) is 22.8 Å². The van der Waals surface area contributed by atoms with Gasteiger partial charge in [-0.25, -0.2) is 40.8 Å². The smallest absolute Gasteiger partial charge is 0.326 e. The van der Waals surface area contributed by atoms with Gasteiger partial charge in [0.15, 0.2) is 17.2 Å². The van der Waals surface area contributed by atoms with E-state index in [4.69, 9.17) is 25.5 Å². The zero-order valence-corrected chi connectivity index (χ0v) is 29.1. The molecule has 2 atom stereocenters. The summed E-state index contributed by atoms with van der Waals surface area (Å²) in [5.74, 6) is 3.37. The number of nitrogens with zero attached hydrogens (tertiary/aromatic N) is 10. The summed E-state index contributed by atoms with van der Waals surface area (Å²) in [6.45, 7) is 1.94. The molecule has 18 heteroatoms. The molecule has 0 radical (unpaired) electrons. The Labute approximate surface area is 308 Å². The van der Waals surface area contributed by atoms with Crippen molar-refractivity contribution in [2.75, 3.05) is 16.1 Å². The van der Waals surface area contributed by atoms with Crippen LogP contribution in [0.1, 0.15) is 49.2 Å². The second-order valence-electron chi connectivity index (χ2n) is 13.1. The molecule has 2 aliphatic carbocycles. The number of aryl methyl sites for hydroxylation is 1. The fourth-order valence-corrected chi connectivity index (χ4v) is 6.33. The number of anilines is 4. The van der Waals surface area contributed by atoms with Crippen LogP contribution in [0.3, 0.4) is 0 Å². The number of hydrogen-bond donors (Lipinski definition) is 6. The number of nitrogens with one attached hydrogen (secondary N) is 5. The zero-order chi connectivity index (χ0) is 37.0. The Bertz CT molecular complexity index is 2340. The highest BCUT2D eigenvalue weighted by Gasteiger charge is 2.32. The minimum atomic E-state index is -0.0944. The summed E-state index contributed by atoms with van der Waals surface area (Å²) >= 11 is 0. The molecule has 7 N–H and O–H groups in total. The predicted octanol–water partition coefficient (Wildman–Crippen LogP) is 3.68. The average Bonchev–Trinajstić information content (AvgIpc) is 3.93. The van der Waals surface area contributed by atoms with Gasteiger partial charge in [0.1, 0.15) is 58.7 Å². The van der Waals surface area contributed by atoms with E-state index < -0.39 is 0 Å². The molecule has 0 aromatic carbocycles. The fraction of sp³-hybridized carbons (Fsp3) is 0.278. The van der Waals surface area contributed by atoms with Gasteiger partial charge in [0, 0.05) is 30.4 Å². The summed E-state index contributed by atoms with van der Waals surface area (Å²) in [4.78, 5) is 28.0. The number of nitrogens with two attached hydrogens (primary N) is 1. The van der Waals surface area contributed by atoms with Gasteiger partial charge in [-0.2, -0.15) is 15.6 Å². The Balaban J connectivity index is 0.989. The lowest BCUT2D eigenvalue weighted by molar-refractivity contribution is -0.695. The van der Waals surface area contributed by atoms with Crippen LogP contribution in [0.4, 0.5) is 23.3 Å². The number of aromatic amines is 2. The van der Waals surface area contributed by atoms with Gasteiger partial charge in [0.25, 0.3) is 0 Å². The van der Waals surface area contributed by atoms with Crippen LogP contribution in [0.5, 0.6) is 11.5 Å². The van der Waals surface area contributed by atoms with Gasteiger partial charge in [0.05, 0.1) is 42.6 Å². The zero-order valence-electron chi connectivity index (χ0n) is 29.1. The molecule has 0 unspecified atom stereocenters. The van der Waals surface area contributed by atoms with Crippen molar-refractivity contribution in [3.8, 4) is 46.4 Å². The second-order valence-corrected chi connectivity index (χ2v) is 13.1. The molecule has 6 aromatic rings. The van der Waals surface area contributed by atoms with Crippen LogP contribution in [0, 0.1) is 29.6 Å². The third-order valence-electron chi connectivity index (χ3n) is 9.07. The number of pyridine rings is 2. The Morgan fingerprint density at radius 3 is 2.26 bits per heavy atom. The van der Waals surface area contributed by atoms with E-state index >= 15 is 0 Å². The van der Waals surface area contributed by atoms with Gasteiger partial charge >= 0.3 is 5.82 Å². The van der Waals surface area contributed by atoms with Gasteiger partial charge in [-0.3, -0.25) is 10.1 Å². The standard InChI is InChI=1S/C36H34N16O2/c1-20-4-7-30(54-26-9-21(39)10-26)36(45-20)28-13-34(47-33-19-42-24(15-38)17-44-33)52(51-28)50-22-5-6-25(11-22)53-29-3-2-8-40-35(29)27-12-31(49-48-27)46-32-18-41-23(14-37)16-43-32/h2-4,7-8,12-13,16-19,21-22,25-26,50H,5-6,9-11,39H2,1H3,(H3,40,41,42,43,44,45,46,47,48,49,51)/p+1/t21?,22-,25+,26?/m0/s1. The first kappa shape index (κ1) is 33.9. The number of ether oxygens (including phenoxy) is 2. The quantitative estimate of drug-likeness (QED) is 0.0985. The number of aromatic nitrogens is 10. The molecule has 6 heterocycles. The third-order valence-corrected chi connectivity index (χ3v) is 9.07. The molecule has 0 saturated heterocycles. The van der Waals surface area contributed by atoms with Crippen molar-refractivity contribution in [2.24, 2.45) is 5.73 Å². The van der Waals surface area contributed by atoms with Crippen molar-refractivity contribution < 1.29 is 14.3 Å².